The third-order valence-corrected chi connectivity index (χ3v) is 2.87. The molecule has 1 aliphatic rings. The van der Waals surface area contributed by atoms with Gasteiger partial charge in [-0.05, 0) is 25.3 Å². The summed E-state index contributed by atoms with van der Waals surface area (Å²) in [5.41, 5.74) is 0.885. The Morgan fingerprint density at radius 2 is 2.39 bits per heavy atom. The number of rotatable bonds is 3. The molecule has 3 N–H and O–H groups in total. The normalized spacial score (nSPS) is 19.8. The third kappa shape index (κ3) is 3.51. The topological polar surface area (TPSA) is 83.4 Å². The third-order valence-electron chi connectivity index (χ3n) is 2.87. The molecule has 1 fully saturated rings. The summed E-state index contributed by atoms with van der Waals surface area (Å²) >= 11 is 0. The van der Waals surface area contributed by atoms with Crippen LogP contribution in [0.3, 0.4) is 0 Å². The van der Waals surface area contributed by atoms with Gasteiger partial charge < -0.3 is 20.4 Å². The van der Waals surface area contributed by atoms with Crippen LogP contribution in [-0.2, 0) is 11.3 Å². The standard InChI is InChI=1S/C12H17N3O3/c16-11-10(3-1-2-5-13-11)15-12(17)14-7-9-4-6-18-8-9/h4,6,8,10H,1-3,5,7H2,(H,13,16)(H2,14,15,17). The van der Waals surface area contributed by atoms with Gasteiger partial charge in [-0.2, -0.15) is 0 Å². The second-order valence-electron chi connectivity index (χ2n) is 4.30. The Bertz CT molecular complexity index is 403. The van der Waals surface area contributed by atoms with Gasteiger partial charge in [0, 0.05) is 18.7 Å². The maximum absolute atomic E-state index is 11.6. The SMILES string of the molecule is O=C(NCc1ccoc1)NC1CCCCNC1=O. The highest BCUT2D eigenvalue weighted by Gasteiger charge is 2.21. The molecule has 18 heavy (non-hydrogen) atoms. The lowest BCUT2D eigenvalue weighted by Crippen LogP contribution is -2.48. The fraction of sp³-hybridized carbons (Fsp3) is 0.500. The van der Waals surface area contributed by atoms with E-state index in [0.29, 0.717) is 19.5 Å². The van der Waals surface area contributed by atoms with E-state index >= 15 is 0 Å². The number of carbonyl (C=O) groups excluding carboxylic acids is 2. The number of urea groups is 1. The number of nitrogens with one attached hydrogen (secondary N) is 3. The fourth-order valence-electron chi connectivity index (χ4n) is 1.86. The monoisotopic (exact) mass is 251 g/mol. The lowest BCUT2D eigenvalue weighted by atomic mass is 10.1. The van der Waals surface area contributed by atoms with Gasteiger partial charge in [0.05, 0.1) is 12.5 Å². The molecule has 1 aliphatic heterocycles. The minimum atomic E-state index is -0.433. The lowest BCUT2D eigenvalue weighted by Gasteiger charge is -2.15. The van der Waals surface area contributed by atoms with Crippen molar-refractivity contribution in [2.75, 3.05) is 6.54 Å². The Kier molecular flexibility index (Phi) is 4.22. The van der Waals surface area contributed by atoms with E-state index in [-0.39, 0.29) is 11.9 Å². The summed E-state index contributed by atoms with van der Waals surface area (Å²) in [5, 5.41) is 8.13. The molecule has 1 atom stereocenters. The van der Waals surface area contributed by atoms with Crippen LogP contribution in [0.1, 0.15) is 24.8 Å². The Balaban J connectivity index is 1.77. The van der Waals surface area contributed by atoms with Crippen LogP contribution in [0.15, 0.2) is 23.0 Å². The molecule has 6 heteroatoms. The van der Waals surface area contributed by atoms with E-state index in [9.17, 15) is 9.59 Å². The maximum atomic E-state index is 11.6. The highest BCUT2D eigenvalue weighted by molar-refractivity contribution is 5.87. The Morgan fingerprint density at radius 1 is 1.50 bits per heavy atom. The van der Waals surface area contributed by atoms with Gasteiger partial charge in [-0.15, -0.1) is 0 Å². The smallest absolute Gasteiger partial charge is 0.315 e. The van der Waals surface area contributed by atoms with Crippen molar-refractivity contribution in [3.05, 3.63) is 24.2 Å². The largest absolute Gasteiger partial charge is 0.472 e. The van der Waals surface area contributed by atoms with Gasteiger partial charge in [0.15, 0.2) is 0 Å². The lowest BCUT2D eigenvalue weighted by molar-refractivity contribution is -0.122. The molecule has 0 spiro atoms. The first-order chi connectivity index (χ1) is 8.75. The molecule has 1 aromatic heterocycles. The van der Waals surface area contributed by atoms with Crippen LogP contribution in [0.4, 0.5) is 4.79 Å². The van der Waals surface area contributed by atoms with Gasteiger partial charge in [0.1, 0.15) is 6.04 Å². The first-order valence-corrected chi connectivity index (χ1v) is 6.09. The van der Waals surface area contributed by atoms with Gasteiger partial charge in [0.25, 0.3) is 0 Å². The maximum Gasteiger partial charge on any atom is 0.315 e. The predicted octanol–water partition coefficient (Wildman–Crippen LogP) is 0.747. The molecular formula is C12H17N3O3. The molecular weight excluding hydrogens is 234 g/mol. The van der Waals surface area contributed by atoms with E-state index in [2.05, 4.69) is 16.0 Å². The molecule has 0 bridgehead atoms. The molecule has 0 aliphatic carbocycles. The Morgan fingerprint density at radius 3 is 3.17 bits per heavy atom. The molecule has 6 nitrogen and oxygen atoms in total. The summed E-state index contributed by atoms with van der Waals surface area (Å²) in [6, 6.07) is 1.01. The average Bonchev–Trinajstić information content (AvgIpc) is 2.80. The average molecular weight is 251 g/mol. The van der Waals surface area contributed by atoms with Crippen molar-refractivity contribution >= 4 is 11.9 Å². The van der Waals surface area contributed by atoms with E-state index in [1.54, 1.807) is 18.6 Å². The number of hydrogen-bond donors (Lipinski definition) is 3. The van der Waals surface area contributed by atoms with Crippen molar-refractivity contribution in [1.82, 2.24) is 16.0 Å². The van der Waals surface area contributed by atoms with Gasteiger partial charge in [-0.3, -0.25) is 4.79 Å². The summed E-state index contributed by atoms with van der Waals surface area (Å²) in [6.07, 6.45) is 5.70. The minimum Gasteiger partial charge on any atom is -0.472 e. The number of amides is 3. The van der Waals surface area contributed by atoms with Crippen LogP contribution in [0, 0.1) is 0 Å². The molecule has 1 aromatic rings. The summed E-state index contributed by atoms with van der Waals surface area (Å²) in [5.74, 6) is -0.106. The first kappa shape index (κ1) is 12.5. The van der Waals surface area contributed by atoms with Crippen LogP contribution in [0.5, 0.6) is 0 Å². The van der Waals surface area contributed by atoms with E-state index in [4.69, 9.17) is 4.42 Å². The molecule has 1 saturated heterocycles. The highest BCUT2D eigenvalue weighted by atomic mass is 16.3. The van der Waals surface area contributed by atoms with Crippen molar-refractivity contribution in [3.63, 3.8) is 0 Å². The van der Waals surface area contributed by atoms with Gasteiger partial charge in [0.2, 0.25) is 5.91 Å². The zero-order valence-corrected chi connectivity index (χ0v) is 10.1. The summed E-state index contributed by atoms with van der Waals surface area (Å²) in [7, 11) is 0. The quantitative estimate of drug-likeness (QED) is 0.741. The predicted molar refractivity (Wildman–Crippen MR) is 64.7 cm³/mol. The van der Waals surface area contributed by atoms with Crippen LogP contribution in [0.2, 0.25) is 0 Å². The molecule has 3 amide bonds. The number of furan rings is 1. The van der Waals surface area contributed by atoms with Crippen LogP contribution < -0.4 is 16.0 Å². The van der Waals surface area contributed by atoms with E-state index in [1.807, 2.05) is 0 Å². The number of hydrogen-bond acceptors (Lipinski definition) is 3. The molecule has 0 aromatic carbocycles. The van der Waals surface area contributed by atoms with Crippen molar-refractivity contribution < 1.29 is 14.0 Å². The van der Waals surface area contributed by atoms with Gasteiger partial charge in [-0.1, -0.05) is 0 Å². The van der Waals surface area contributed by atoms with Crippen LogP contribution in [-0.4, -0.2) is 24.5 Å². The Hall–Kier alpha value is -1.98. The van der Waals surface area contributed by atoms with Gasteiger partial charge in [-0.25, -0.2) is 4.79 Å². The molecule has 0 radical (unpaired) electrons. The molecule has 98 valence electrons. The van der Waals surface area contributed by atoms with Crippen LogP contribution >= 0.6 is 0 Å². The second kappa shape index (κ2) is 6.09. The van der Waals surface area contributed by atoms with Crippen molar-refractivity contribution in [2.45, 2.75) is 31.8 Å². The number of carbonyl (C=O) groups is 2. The summed E-state index contributed by atoms with van der Waals surface area (Å²) < 4.78 is 4.89. The summed E-state index contributed by atoms with van der Waals surface area (Å²) in [6.45, 7) is 1.07. The van der Waals surface area contributed by atoms with Crippen molar-refractivity contribution in [3.8, 4) is 0 Å². The highest BCUT2D eigenvalue weighted by Crippen LogP contribution is 2.05. The van der Waals surface area contributed by atoms with Crippen LogP contribution in [0.25, 0.3) is 0 Å². The second-order valence-corrected chi connectivity index (χ2v) is 4.30. The molecule has 1 unspecified atom stereocenters. The Labute approximate surface area is 105 Å². The molecule has 0 saturated carbocycles. The zero-order valence-electron chi connectivity index (χ0n) is 10.1. The zero-order chi connectivity index (χ0) is 12.8. The van der Waals surface area contributed by atoms with E-state index < -0.39 is 6.04 Å². The van der Waals surface area contributed by atoms with E-state index in [1.165, 1.54) is 0 Å². The molecule has 2 rings (SSSR count). The van der Waals surface area contributed by atoms with Gasteiger partial charge >= 0.3 is 6.03 Å². The minimum absolute atomic E-state index is 0.106. The van der Waals surface area contributed by atoms with E-state index in [0.717, 1.165) is 18.4 Å². The van der Waals surface area contributed by atoms with Crippen molar-refractivity contribution in [1.29, 1.82) is 0 Å². The van der Waals surface area contributed by atoms with Crippen molar-refractivity contribution in [2.24, 2.45) is 0 Å². The first-order valence-electron chi connectivity index (χ1n) is 6.09. The molecule has 2 heterocycles. The summed E-state index contributed by atoms with van der Waals surface area (Å²) in [4.78, 5) is 23.2. The fourth-order valence-corrected chi connectivity index (χ4v) is 1.86.